The van der Waals surface area contributed by atoms with Gasteiger partial charge >= 0.3 is 5.97 Å². The van der Waals surface area contributed by atoms with E-state index in [4.69, 9.17) is 18.9 Å². The third-order valence-electron chi connectivity index (χ3n) is 6.78. The number of nitrogens with zero attached hydrogens (tertiary/aromatic N) is 2. The predicted octanol–water partition coefficient (Wildman–Crippen LogP) is 3.68. The normalized spacial score (nSPS) is 15.0. The molecule has 1 aliphatic rings. The van der Waals surface area contributed by atoms with Gasteiger partial charge in [0.25, 0.3) is 5.56 Å². The molecule has 1 aromatic heterocycles. The lowest BCUT2D eigenvalue weighted by Gasteiger charge is -2.27. The van der Waals surface area contributed by atoms with Gasteiger partial charge in [-0.1, -0.05) is 35.6 Å². The van der Waals surface area contributed by atoms with Crippen molar-refractivity contribution in [1.29, 1.82) is 0 Å². The number of esters is 1. The summed E-state index contributed by atoms with van der Waals surface area (Å²) in [6, 6.07) is 13.5. The van der Waals surface area contributed by atoms with Gasteiger partial charge in [-0.3, -0.25) is 9.36 Å². The zero-order valence-corrected chi connectivity index (χ0v) is 23.5. The van der Waals surface area contributed by atoms with E-state index in [1.165, 1.54) is 11.7 Å². The van der Waals surface area contributed by atoms with E-state index < -0.39 is 12.0 Å². The van der Waals surface area contributed by atoms with Crippen LogP contribution in [0.25, 0.3) is 16.8 Å². The first-order valence-electron chi connectivity index (χ1n) is 12.5. The molecule has 1 unspecified atom stereocenters. The van der Waals surface area contributed by atoms with Crippen LogP contribution in [0.2, 0.25) is 0 Å². The zero-order chi connectivity index (χ0) is 28.6. The van der Waals surface area contributed by atoms with E-state index >= 15 is 0 Å². The second-order valence-electron chi connectivity index (χ2n) is 8.97. The molecule has 1 N–H and O–H groups in total. The largest absolute Gasteiger partial charge is 0.504 e. The summed E-state index contributed by atoms with van der Waals surface area (Å²) in [5.41, 5.74) is 1.30. The van der Waals surface area contributed by atoms with Gasteiger partial charge in [-0.15, -0.1) is 0 Å². The van der Waals surface area contributed by atoms with Crippen LogP contribution in [0.3, 0.4) is 0 Å². The number of para-hydroxylation sites is 1. The number of phenolic OH excluding ortho intramolecular Hbond substituents is 1. The Morgan fingerprint density at radius 3 is 2.52 bits per heavy atom. The van der Waals surface area contributed by atoms with Gasteiger partial charge in [0.05, 0.1) is 43.7 Å². The van der Waals surface area contributed by atoms with Crippen molar-refractivity contribution in [3.63, 3.8) is 0 Å². The third kappa shape index (κ3) is 4.50. The molecule has 0 saturated heterocycles. The minimum absolute atomic E-state index is 0.0846. The summed E-state index contributed by atoms with van der Waals surface area (Å²) in [4.78, 5) is 32.5. The lowest BCUT2D eigenvalue weighted by molar-refractivity contribution is -0.139. The number of hydrogen-bond donors (Lipinski definition) is 1. The Hall–Kier alpha value is -4.57. The van der Waals surface area contributed by atoms with Gasteiger partial charge in [-0.05, 0) is 55.0 Å². The maximum atomic E-state index is 14.1. The van der Waals surface area contributed by atoms with Crippen LogP contribution in [0.4, 0.5) is 0 Å². The Morgan fingerprint density at radius 2 is 1.82 bits per heavy atom. The second kappa shape index (κ2) is 10.9. The number of thiazole rings is 1. The Bertz CT molecular complexity index is 1850. The number of aromatic nitrogens is 1. The molecule has 0 spiro atoms. The molecular formula is C30H28N2O7S. The van der Waals surface area contributed by atoms with Crippen molar-refractivity contribution in [3.05, 3.63) is 90.6 Å². The molecule has 1 atom stereocenters. The molecule has 0 fully saturated rings. The Kier molecular flexibility index (Phi) is 7.36. The van der Waals surface area contributed by atoms with Crippen molar-refractivity contribution >= 4 is 34.2 Å². The molecule has 3 aromatic carbocycles. The smallest absolute Gasteiger partial charge is 0.338 e. The molecule has 4 aromatic rings. The molecule has 2 heterocycles. The topological polar surface area (TPSA) is 109 Å². The van der Waals surface area contributed by atoms with Crippen LogP contribution in [0.15, 0.2) is 69.6 Å². The average molecular weight is 561 g/mol. The third-order valence-corrected chi connectivity index (χ3v) is 7.76. The highest BCUT2D eigenvalue weighted by Crippen LogP contribution is 2.41. The van der Waals surface area contributed by atoms with Crippen molar-refractivity contribution in [2.75, 3.05) is 27.9 Å². The van der Waals surface area contributed by atoms with Crippen molar-refractivity contribution < 1.29 is 28.8 Å². The highest BCUT2D eigenvalue weighted by atomic mass is 32.1. The quantitative estimate of drug-likeness (QED) is 0.344. The summed E-state index contributed by atoms with van der Waals surface area (Å²) in [6.45, 7) is 3.60. The number of fused-ring (bicyclic) bond motifs is 2. The van der Waals surface area contributed by atoms with Crippen LogP contribution in [-0.2, 0) is 9.53 Å². The van der Waals surface area contributed by atoms with Crippen LogP contribution < -0.4 is 29.1 Å². The number of benzene rings is 3. The van der Waals surface area contributed by atoms with E-state index in [1.54, 1.807) is 52.3 Å². The van der Waals surface area contributed by atoms with E-state index in [0.29, 0.717) is 37.7 Å². The van der Waals surface area contributed by atoms with Gasteiger partial charge in [-0.2, -0.15) is 0 Å². The monoisotopic (exact) mass is 560 g/mol. The minimum atomic E-state index is -0.901. The number of aromatic hydroxyl groups is 1. The van der Waals surface area contributed by atoms with Crippen molar-refractivity contribution in [3.8, 4) is 23.0 Å². The second-order valence-corrected chi connectivity index (χ2v) is 9.98. The lowest BCUT2D eigenvalue weighted by Crippen LogP contribution is -2.40. The molecule has 9 nitrogen and oxygen atoms in total. The molecule has 5 rings (SSSR count). The number of allylic oxidation sites excluding steroid dienone is 1. The van der Waals surface area contributed by atoms with Crippen LogP contribution in [0, 0.1) is 0 Å². The van der Waals surface area contributed by atoms with Crippen molar-refractivity contribution in [2.24, 2.45) is 4.99 Å². The molecule has 0 radical (unpaired) electrons. The first-order chi connectivity index (χ1) is 19.3. The lowest BCUT2D eigenvalue weighted by atomic mass is 9.90. The summed E-state index contributed by atoms with van der Waals surface area (Å²) in [5, 5.41) is 12.3. The van der Waals surface area contributed by atoms with Gasteiger partial charge in [0.1, 0.15) is 17.5 Å². The summed E-state index contributed by atoms with van der Waals surface area (Å²) < 4.78 is 23.8. The number of rotatable bonds is 7. The molecular weight excluding hydrogens is 532 g/mol. The van der Waals surface area contributed by atoms with Gasteiger partial charge in [0.15, 0.2) is 16.3 Å². The van der Waals surface area contributed by atoms with Crippen LogP contribution in [-0.4, -0.2) is 43.6 Å². The molecule has 0 bridgehead atoms. The Labute approximate surface area is 233 Å². The highest BCUT2D eigenvalue weighted by molar-refractivity contribution is 7.07. The van der Waals surface area contributed by atoms with Crippen molar-refractivity contribution in [1.82, 2.24) is 4.57 Å². The SMILES string of the molecule is CCOC(=O)C1=C(C)N=c2s/c(=C\c3cccc(OC)c3O)c(=O)n2C1c1c(OC)ccc2ccc(OC)cc12. The fourth-order valence-electron chi connectivity index (χ4n) is 4.92. The van der Waals surface area contributed by atoms with Crippen LogP contribution in [0.1, 0.15) is 31.0 Å². The summed E-state index contributed by atoms with van der Waals surface area (Å²) in [6.07, 6.45) is 1.59. The van der Waals surface area contributed by atoms with E-state index in [9.17, 15) is 14.7 Å². The van der Waals surface area contributed by atoms with Gasteiger partial charge in [0, 0.05) is 11.1 Å². The van der Waals surface area contributed by atoms with E-state index in [0.717, 1.165) is 22.1 Å². The molecule has 1 aliphatic heterocycles. The van der Waals surface area contributed by atoms with Gasteiger partial charge < -0.3 is 24.1 Å². The van der Waals surface area contributed by atoms with Crippen LogP contribution >= 0.6 is 11.3 Å². The van der Waals surface area contributed by atoms with E-state index in [-0.39, 0.29) is 29.2 Å². The molecule has 0 amide bonds. The van der Waals surface area contributed by atoms with Crippen molar-refractivity contribution in [2.45, 2.75) is 19.9 Å². The van der Waals surface area contributed by atoms with Gasteiger partial charge in [0.2, 0.25) is 0 Å². The van der Waals surface area contributed by atoms with E-state index in [2.05, 4.69) is 4.99 Å². The average Bonchev–Trinajstić information content (AvgIpc) is 3.26. The molecule has 40 heavy (non-hydrogen) atoms. The van der Waals surface area contributed by atoms with E-state index in [1.807, 2.05) is 30.3 Å². The highest BCUT2D eigenvalue weighted by Gasteiger charge is 2.36. The fraction of sp³-hybridized carbons (Fsp3) is 0.233. The number of hydrogen-bond acceptors (Lipinski definition) is 9. The first-order valence-corrected chi connectivity index (χ1v) is 13.3. The summed E-state index contributed by atoms with van der Waals surface area (Å²) in [7, 11) is 4.58. The molecule has 206 valence electrons. The number of ether oxygens (including phenoxy) is 4. The number of methoxy groups -OCH3 is 3. The molecule has 0 saturated carbocycles. The Balaban J connectivity index is 1.86. The zero-order valence-electron chi connectivity index (χ0n) is 22.7. The predicted molar refractivity (Wildman–Crippen MR) is 152 cm³/mol. The fourth-order valence-corrected chi connectivity index (χ4v) is 5.95. The minimum Gasteiger partial charge on any atom is -0.504 e. The Morgan fingerprint density at radius 1 is 1.07 bits per heavy atom. The maximum absolute atomic E-state index is 14.1. The standard InChI is InChI=1S/C30H28N2O7S/c1-6-39-29(35)24-16(2)31-30-32(28(34)23(40-30)14-18-8-7-9-22(38-5)27(18)33)26(24)25-20-15-19(36-3)12-10-17(20)11-13-21(25)37-4/h7-15,26,33H,6H2,1-5H3/b23-14-. The number of phenols is 1. The maximum Gasteiger partial charge on any atom is 0.338 e. The molecule has 0 aliphatic carbocycles. The van der Waals surface area contributed by atoms with Crippen LogP contribution in [0.5, 0.6) is 23.0 Å². The van der Waals surface area contributed by atoms with Gasteiger partial charge in [-0.25, -0.2) is 9.79 Å². The molecule has 10 heteroatoms. The number of carbonyl (C=O) groups is 1. The summed E-state index contributed by atoms with van der Waals surface area (Å²) >= 11 is 1.16. The first kappa shape index (κ1) is 27.0. The number of carbonyl (C=O) groups excluding carboxylic acids is 1. The summed E-state index contributed by atoms with van der Waals surface area (Å²) in [5.74, 6) is 0.729.